The van der Waals surface area contributed by atoms with E-state index in [1.165, 1.54) is 32.8 Å². The Morgan fingerprint density at radius 1 is 1.29 bits per heavy atom. The number of hydrogen-bond acceptors (Lipinski definition) is 6. The normalized spacial score (nSPS) is 14.4. The van der Waals surface area contributed by atoms with Crippen molar-refractivity contribution in [2.75, 3.05) is 17.7 Å². The molecule has 24 heavy (non-hydrogen) atoms. The molecule has 0 radical (unpaired) electrons. The third-order valence-corrected chi connectivity index (χ3v) is 4.33. The fourth-order valence-corrected chi connectivity index (χ4v) is 2.93. The molecule has 1 saturated carbocycles. The Hall–Kier alpha value is -2.34. The lowest BCUT2D eigenvalue weighted by Crippen LogP contribution is -2.16. The van der Waals surface area contributed by atoms with Crippen molar-refractivity contribution >= 4 is 35.0 Å². The molecule has 0 bridgehead atoms. The zero-order valence-corrected chi connectivity index (χ0v) is 14.1. The van der Waals surface area contributed by atoms with E-state index in [1.807, 2.05) is 6.07 Å². The lowest BCUT2D eigenvalue weighted by Gasteiger charge is -2.14. The maximum absolute atomic E-state index is 11.6. The Bertz CT molecular complexity index is 732. The Morgan fingerprint density at radius 3 is 2.83 bits per heavy atom. The molecule has 0 amide bonds. The van der Waals surface area contributed by atoms with E-state index < -0.39 is 5.97 Å². The molecule has 6 nitrogen and oxygen atoms in total. The van der Waals surface area contributed by atoms with Gasteiger partial charge in [-0.1, -0.05) is 24.4 Å². The van der Waals surface area contributed by atoms with Crippen LogP contribution in [0.25, 0.3) is 0 Å². The lowest BCUT2D eigenvalue weighted by atomic mass is 10.2. The number of hydrogen-bond donors (Lipinski definition) is 2. The second-order valence-electron chi connectivity index (χ2n) is 5.70. The van der Waals surface area contributed by atoms with Gasteiger partial charge in [0.25, 0.3) is 0 Å². The van der Waals surface area contributed by atoms with Gasteiger partial charge in [0.2, 0.25) is 5.95 Å². The summed E-state index contributed by atoms with van der Waals surface area (Å²) in [6, 6.07) is 7.18. The number of carbonyl (C=O) groups is 1. The van der Waals surface area contributed by atoms with Crippen LogP contribution in [0.5, 0.6) is 0 Å². The number of nitrogens with one attached hydrogen (secondary N) is 2. The predicted molar refractivity (Wildman–Crippen MR) is 94.0 cm³/mol. The van der Waals surface area contributed by atoms with Gasteiger partial charge in [0.1, 0.15) is 5.82 Å². The number of nitrogens with zero attached hydrogens (tertiary/aromatic N) is 2. The maximum Gasteiger partial charge on any atom is 0.337 e. The van der Waals surface area contributed by atoms with E-state index in [0.29, 0.717) is 28.3 Å². The molecule has 0 atom stereocenters. The standard InChI is InChI=1S/C17H19ClN4O2/c1-24-16(23)11-6-7-13(18)14(10-11)21-17-19-9-8-15(22-17)20-12-4-2-3-5-12/h6-10,12H,2-5H2,1H3,(H2,19,20,21,22). The van der Waals surface area contributed by atoms with Crippen LogP contribution in [-0.4, -0.2) is 29.1 Å². The van der Waals surface area contributed by atoms with Crippen molar-refractivity contribution in [1.29, 1.82) is 0 Å². The average molecular weight is 347 g/mol. The van der Waals surface area contributed by atoms with Gasteiger partial charge in [0.05, 0.1) is 23.4 Å². The van der Waals surface area contributed by atoms with Crippen LogP contribution in [0, 0.1) is 0 Å². The summed E-state index contributed by atoms with van der Waals surface area (Å²) in [5.74, 6) is 0.772. The molecule has 1 aliphatic rings. The molecule has 0 aliphatic heterocycles. The van der Waals surface area contributed by atoms with Crippen molar-refractivity contribution < 1.29 is 9.53 Å². The van der Waals surface area contributed by atoms with Crippen molar-refractivity contribution in [2.24, 2.45) is 0 Å². The summed E-state index contributed by atoms with van der Waals surface area (Å²) in [5.41, 5.74) is 0.960. The third-order valence-electron chi connectivity index (χ3n) is 4.00. The Kier molecular flexibility index (Phi) is 5.15. The Labute approximate surface area is 145 Å². The van der Waals surface area contributed by atoms with Crippen molar-refractivity contribution in [1.82, 2.24) is 9.97 Å². The summed E-state index contributed by atoms with van der Waals surface area (Å²) >= 11 is 6.19. The zero-order valence-electron chi connectivity index (χ0n) is 13.4. The molecule has 2 aromatic rings. The second-order valence-corrected chi connectivity index (χ2v) is 6.11. The first-order valence-electron chi connectivity index (χ1n) is 7.90. The number of esters is 1. The molecule has 7 heteroatoms. The Balaban J connectivity index is 1.76. The van der Waals surface area contributed by atoms with Crippen molar-refractivity contribution in [3.63, 3.8) is 0 Å². The van der Waals surface area contributed by atoms with E-state index in [-0.39, 0.29) is 0 Å². The lowest BCUT2D eigenvalue weighted by molar-refractivity contribution is 0.0601. The van der Waals surface area contributed by atoms with Crippen molar-refractivity contribution in [2.45, 2.75) is 31.7 Å². The molecule has 1 aromatic carbocycles. The van der Waals surface area contributed by atoms with Crippen LogP contribution in [0.15, 0.2) is 30.5 Å². The fraction of sp³-hybridized carbons (Fsp3) is 0.353. The molecule has 3 rings (SSSR count). The molecule has 0 unspecified atom stereocenters. The van der Waals surface area contributed by atoms with E-state index in [2.05, 4.69) is 20.6 Å². The quantitative estimate of drug-likeness (QED) is 0.796. The number of anilines is 3. The molecular weight excluding hydrogens is 328 g/mol. The van der Waals surface area contributed by atoms with E-state index in [9.17, 15) is 4.79 Å². The molecule has 0 saturated heterocycles. The number of benzene rings is 1. The number of aromatic nitrogens is 2. The molecule has 126 valence electrons. The summed E-state index contributed by atoms with van der Waals surface area (Å²) < 4.78 is 4.72. The van der Waals surface area contributed by atoms with Crippen molar-refractivity contribution in [3.8, 4) is 0 Å². The SMILES string of the molecule is COC(=O)c1ccc(Cl)c(Nc2nccc(NC3CCCC3)n2)c1. The van der Waals surface area contributed by atoms with Crippen LogP contribution < -0.4 is 10.6 Å². The van der Waals surface area contributed by atoms with Gasteiger partial charge in [-0.2, -0.15) is 4.98 Å². The largest absolute Gasteiger partial charge is 0.465 e. The Morgan fingerprint density at radius 2 is 2.08 bits per heavy atom. The minimum atomic E-state index is -0.424. The number of rotatable bonds is 5. The van der Waals surface area contributed by atoms with Gasteiger partial charge in [-0.3, -0.25) is 0 Å². The van der Waals surface area contributed by atoms with Crippen LogP contribution in [0.3, 0.4) is 0 Å². The van der Waals surface area contributed by atoms with Gasteiger partial charge in [-0.15, -0.1) is 0 Å². The van der Waals surface area contributed by atoms with E-state index >= 15 is 0 Å². The molecule has 1 aliphatic carbocycles. The first kappa shape index (κ1) is 16.5. The van der Waals surface area contributed by atoms with Crippen LogP contribution in [0.4, 0.5) is 17.5 Å². The fourth-order valence-electron chi connectivity index (χ4n) is 2.76. The van der Waals surface area contributed by atoms with Gasteiger partial charge in [0.15, 0.2) is 0 Å². The van der Waals surface area contributed by atoms with Gasteiger partial charge >= 0.3 is 5.97 Å². The predicted octanol–water partition coefficient (Wildman–Crippen LogP) is 4.01. The molecular formula is C17H19ClN4O2. The number of halogens is 1. The smallest absolute Gasteiger partial charge is 0.337 e. The number of methoxy groups -OCH3 is 1. The van der Waals surface area contributed by atoms with Gasteiger partial charge in [0, 0.05) is 12.2 Å². The number of carbonyl (C=O) groups excluding carboxylic acids is 1. The first-order valence-corrected chi connectivity index (χ1v) is 8.28. The summed E-state index contributed by atoms with van der Waals surface area (Å²) in [6.07, 6.45) is 6.53. The van der Waals surface area contributed by atoms with Gasteiger partial charge in [-0.05, 0) is 37.1 Å². The van der Waals surface area contributed by atoms with Crippen LogP contribution in [0.2, 0.25) is 5.02 Å². The van der Waals surface area contributed by atoms with Crippen LogP contribution in [-0.2, 0) is 4.74 Å². The minimum Gasteiger partial charge on any atom is -0.465 e. The average Bonchev–Trinajstić information content (AvgIpc) is 3.09. The molecule has 1 heterocycles. The highest BCUT2D eigenvalue weighted by molar-refractivity contribution is 6.33. The summed E-state index contributed by atoms with van der Waals surface area (Å²) in [6.45, 7) is 0. The monoisotopic (exact) mass is 346 g/mol. The summed E-state index contributed by atoms with van der Waals surface area (Å²) in [4.78, 5) is 20.3. The maximum atomic E-state index is 11.6. The van der Waals surface area contributed by atoms with Crippen LogP contribution in [0.1, 0.15) is 36.0 Å². The van der Waals surface area contributed by atoms with E-state index in [4.69, 9.17) is 16.3 Å². The highest BCUT2D eigenvalue weighted by Crippen LogP contribution is 2.26. The minimum absolute atomic E-state index is 0.407. The van der Waals surface area contributed by atoms with Crippen LogP contribution >= 0.6 is 11.6 Å². The molecule has 1 aromatic heterocycles. The van der Waals surface area contributed by atoms with Gasteiger partial charge < -0.3 is 15.4 Å². The number of ether oxygens (including phenoxy) is 1. The molecule has 1 fully saturated rings. The highest BCUT2D eigenvalue weighted by Gasteiger charge is 2.15. The first-order chi connectivity index (χ1) is 11.7. The zero-order chi connectivity index (χ0) is 16.9. The molecule has 0 spiro atoms. The van der Waals surface area contributed by atoms with Crippen molar-refractivity contribution in [3.05, 3.63) is 41.0 Å². The highest BCUT2D eigenvalue weighted by atomic mass is 35.5. The topological polar surface area (TPSA) is 76.1 Å². The summed E-state index contributed by atoms with van der Waals surface area (Å²) in [5, 5.41) is 6.95. The van der Waals surface area contributed by atoms with E-state index in [1.54, 1.807) is 24.4 Å². The summed E-state index contributed by atoms with van der Waals surface area (Å²) in [7, 11) is 1.34. The third kappa shape index (κ3) is 3.94. The molecule has 2 N–H and O–H groups in total. The van der Waals surface area contributed by atoms with Gasteiger partial charge in [-0.25, -0.2) is 9.78 Å². The van der Waals surface area contributed by atoms with E-state index in [0.717, 1.165) is 5.82 Å². The second kappa shape index (κ2) is 7.49.